The Hall–Kier alpha value is -1.90. The molecule has 0 fully saturated rings. The molecule has 18 heavy (non-hydrogen) atoms. The SMILES string of the molecule is CCSc1nc(=O)n(Cc2ncn(C)n2)c(=O)[nH]1. The summed E-state index contributed by atoms with van der Waals surface area (Å²) in [4.78, 5) is 33.7. The van der Waals surface area contributed by atoms with Crippen molar-refractivity contribution in [2.24, 2.45) is 7.05 Å². The minimum absolute atomic E-state index is 0.0130. The standard InChI is InChI=1S/C9H12N6O2S/c1-3-18-7-11-8(16)15(9(17)12-7)4-6-10-5-14(2)13-6/h5H,3-4H2,1-2H3,(H,11,12,16,17). The third kappa shape index (κ3) is 2.67. The molecule has 0 aromatic carbocycles. The van der Waals surface area contributed by atoms with Gasteiger partial charge in [-0.2, -0.15) is 10.1 Å². The second kappa shape index (κ2) is 5.17. The van der Waals surface area contributed by atoms with Crippen molar-refractivity contribution >= 4 is 11.8 Å². The highest BCUT2D eigenvalue weighted by molar-refractivity contribution is 7.99. The molecule has 0 amide bonds. The molecule has 2 aromatic rings. The first-order valence-corrected chi connectivity index (χ1v) is 6.27. The fourth-order valence-corrected chi connectivity index (χ4v) is 1.94. The number of nitrogens with zero attached hydrogens (tertiary/aromatic N) is 5. The van der Waals surface area contributed by atoms with E-state index in [-0.39, 0.29) is 6.54 Å². The maximum Gasteiger partial charge on any atom is 0.354 e. The van der Waals surface area contributed by atoms with Crippen LogP contribution in [0.5, 0.6) is 0 Å². The summed E-state index contributed by atoms with van der Waals surface area (Å²) in [7, 11) is 1.71. The summed E-state index contributed by atoms with van der Waals surface area (Å²) >= 11 is 1.31. The van der Waals surface area contributed by atoms with Gasteiger partial charge in [0.25, 0.3) is 0 Å². The molecular formula is C9H12N6O2S. The molecule has 0 atom stereocenters. The Kier molecular flexibility index (Phi) is 3.60. The molecule has 0 aliphatic heterocycles. The van der Waals surface area contributed by atoms with Gasteiger partial charge >= 0.3 is 11.4 Å². The minimum Gasteiger partial charge on any atom is -0.286 e. The molecule has 8 nitrogen and oxygen atoms in total. The predicted octanol–water partition coefficient (Wildman–Crippen LogP) is -0.780. The fourth-order valence-electron chi connectivity index (χ4n) is 1.36. The summed E-state index contributed by atoms with van der Waals surface area (Å²) in [6, 6.07) is 0. The van der Waals surface area contributed by atoms with Crippen molar-refractivity contribution in [2.75, 3.05) is 5.75 Å². The Morgan fingerprint density at radius 1 is 1.44 bits per heavy atom. The van der Waals surface area contributed by atoms with E-state index in [0.29, 0.717) is 11.0 Å². The first-order valence-electron chi connectivity index (χ1n) is 5.28. The summed E-state index contributed by atoms with van der Waals surface area (Å²) in [5, 5.41) is 4.34. The maximum absolute atomic E-state index is 11.7. The van der Waals surface area contributed by atoms with E-state index in [1.54, 1.807) is 7.05 Å². The summed E-state index contributed by atoms with van der Waals surface area (Å²) in [5.74, 6) is 1.12. The van der Waals surface area contributed by atoms with Crippen molar-refractivity contribution in [1.29, 1.82) is 0 Å². The van der Waals surface area contributed by atoms with Gasteiger partial charge in [-0.05, 0) is 5.75 Å². The van der Waals surface area contributed by atoms with E-state index < -0.39 is 11.4 Å². The van der Waals surface area contributed by atoms with Crippen LogP contribution in [0.15, 0.2) is 21.1 Å². The lowest BCUT2D eigenvalue weighted by Gasteiger charge is -2.02. The maximum atomic E-state index is 11.7. The largest absolute Gasteiger partial charge is 0.354 e. The van der Waals surface area contributed by atoms with Crippen molar-refractivity contribution in [2.45, 2.75) is 18.6 Å². The number of aryl methyl sites for hydroxylation is 1. The Balaban J connectivity index is 2.34. The van der Waals surface area contributed by atoms with Crippen LogP contribution in [-0.2, 0) is 13.6 Å². The average Bonchev–Trinajstić information content (AvgIpc) is 2.70. The van der Waals surface area contributed by atoms with E-state index >= 15 is 0 Å². The molecule has 96 valence electrons. The van der Waals surface area contributed by atoms with Crippen LogP contribution in [0.4, 0.5) is 0 Å². The highest BCUT2D eigenvalue weighted by Crippen LogP contribution is 2.06. The molecule has 0 bridgehead atoms. The van der Waals surface area contributed by atoms with Crippen LogP contribution < -0.4 is 11.4 Å². The third-order valence-corrected chi connectivity index (χ3v) is 2.87. The van der Waals surface area contributed by atoms with Gasteiger partial charge in [0.15, 0.2) is 11.0 Å². The molecule has 0 saturated carbocycles. The first-order chi connectivity index (χ1) is 8.60. The van der Waals surface area contributed by atoms with Crippen LogP contribution >= 0.6 is 11.8 Å². The summed E-state index contributed by atoms with van der Waals surface area (Å²) < 4.78 is 2.47. The molecule has 0 spiro atoms. The first kappa shape index (κ1) is 12.6. The van der Waals surface area contributed by atoms with E-state index in [1.807, 2.05) is 6.92 Å². The molecule has 9 heteroatoms. The van der Waals surface area contributed by atoms with Gasteiger partial charge in [0.1, 0.15) is 6.33 Å². The summed E-state index contributed by atoms with van der Waals surface area (Å²) in [6.07, 6.45) is 1.50. The highest BCUT2D eigenvalue weighted by Gasteiger charge is 2.08. The Morgan fingerprint density at radius 2 is 2.22 bits per heavy atom. The molecule has 0 aliphatic rings. The van der Waals surface area contributed by atoms with Crippen LogP contribution in [-0.4, -0.2) is 35.1 Å². The van der Waals surface area contributed by atoms with Gasteiger partial charge in [0, 0.05) is 7.05 Å². The molecule has 0 aliphatic carbocycles. The zero-order valence-corrected chi connectivity index (χ0v) is 10.8. The average molecular weight is 268 g/mol. The minimum atomic E-state index is -0.595. The van der Waals surface area contributed by atoms with Crippen molar-refractivity contribution in [3.63, 3.8) is 0 Å². The number of thioether (sulfide) groups is 1. The fraction of sp³-hybridized carbons (Fsp3) is 0.444. The van der Waals surface area contributed by atoms with Gasteiger partial charge in [-0.15, -0.1) is 0 Å². The molecule has 1 N–H and O–H groups in total. The number of hydrogen-bond acceptors (Lipinski definition) is 6. The lowest BCUT2D eigenvalue weighted by molar-refractivity contribution is 0.607. The van der Waals surface area contributed by atoms with E-state index in [1.165, 1.54) is 22.8 Å². The normalized spacial score (nSPS) is 10.8. The summed E-state index contributed by atoms with van der Waals surface area (Å²) in [6.45, 7) is 1.92. The molecule has 0 unspecified atom stereocenters. The van der Waals surface area contributed by atoms with E-state index in [4.69, 9.17) is 0 Å². The predicted molar refractivity (Wildman–Crippen MR) is 65.6 cm³/mol. The van der Waals surface area contributed by atoms with E-state index in [2.05, 4.69) is 20.1 Å². The zero-order valence-electron chi connectivity index (χ0n) is 9.95. The number of rotatable bonds is 4. The quantitative estimate of drug-likeness (QED) is 0.730. The Labute approximate surface area is 106 Å². The van der Waals surface area contributed by atoms with E-state index in [9.17, 15) is 9.59 Å². The lowest BCUT2D eigenvalue weighted by Crippen LogP contribution is -2.38. The van der Waals surface area contributed by atoms with Gasteiger partial charge in [0.05, 0.1) is 6.54 Å². The zero-order chi connectivity index (χ0) is 13.1. The Bertz CT molecular complexity index is 626. The number of nitrogens with one attached hydrogen (secondary N) is 1. The number of hydrogen-bond donors (Lipinski definition) is 1. The van der Waals surface area contributed by atoms with Crippen molar-refractivity contribution < 1.29 is 0 Å². The lowest BCUT2D eigenvalue weighted by atomic mass is 10.6. The van der Waals surface area contributed by atoms with Gasteiger partial charge in [0.2, 0.25) is 0 Å². The molecule has 2 aromatic heterocycles. The van der Waals surface area contributed by atoms with Crippen molar-refractivity contribution in [3.8, 4) is 0 Å². The van der Waals surface area contributed by atoms with Crippen LogP contribution in [0.3, 0.4) is 0 Å². The highest BCUT2D eigenvalue weighted by atomic mass is 32.2. The van der Waals surface area contributed by atoms with Crippen LogP contribution in [0.2, 0.25) is 0 Å². The van der Waals surface area contributed by atoms with Gasteiger partial charge < -0.3 is 0 Å². The number of aromatic nitrogens is 6. The van der Waals surface area contributed by atoms with Crippen molar-refractivity contribution in [1.82, 2.24) is 29.3 Å². The van der Waals surface area contributed by atoms with E-state index in [0.717, 1.165) is 10.3 Å². The smallest absolute Gasteiger partial charge is 0.286 e. The topological polar surface area (TPSA) is 98.5 Å². The number of H-pyrrole nitrogens is 1. The molecular weight excluding hydrogens is 256 g/mol. The Morgan fingerprint density at radius 3 is 2.78 bits per heavy atom. The van der Waals surface area contributed by atoms with Gasteiger partial charge in [-0.3, -0.25) is 9.67 Å². The summed E-state index contributed by atoms with van der Waals surface area (Å²) in [5.41, 5.74) is -1.10. The third-order valence-electron chi connectivity index (χ3n) is 2.11. The van der Waals surface area contributed by atoms with Gasteiger partial charge in [-0.25, -0.2) is 19.1 Å². The molecule has 2 heterocycles. The molecule has 0 radical (unpaired) electrons. The second-order valence-corrected chi connectivity index (χ2v) is 4.74. The molecule has 0 saturated heterocycles. The molecule has 2 rings (SSSR count). The monoisotopic (exact) mass is 268 g/mol. The van der Waals surface area contributed by atoms with Crippen LogP contribution in [0.25, 0.3) is 0 Å². The van der Waals surface area contributed by atoms with Crippen LogP contribution in [0.1, 0.15) is 12.7 Å². The number of aromatic amines is 1. The van der Waals surface area contributed by atoms with Gasteiger partial charge in [-0.1, -0.05) is 18.7 Å². The van der Waals surface area contributed by atoms with Crippen molar-refractivity contribution in [3.05, 3.63) is 33.1 Å². The second-order valence-electron chi connectivity index (χ2n) is 3.48. The van der Waals surface area contributed by atoms with Crippen LogP contribution in [0, 0.1) is 0 Å².